The van der Waals surface area contributed by atoms with Crippen molar-refractivity contribution in [1.82, 2.24) is 20.2 Å². The topological polar surface area (TPSA) is 194 Å². The van der Waals surface area contributed by atoms with E-state index in [0.29, 0.717) is 13.1 Å². The Morgan fingerprint density at radius 1 is 1.19 bits per heavy atom. The summed E-state index contributed by atoms with van der Waals surface area (Å²) < 4.78 is 0. The van der Waals surface area contributed by atoms with E-state index >= 15 is 0 Å². The molecule has 122 valence electrons. The van der Waals surface area contributed by atoms with Gasteiger partial charge in [0.25, 0.3) is 0 Å². The average Bonchev–Trinajstić information content (AvgIpc) is 2.99. The lowest BCUT2D eigenvalue weighted by Crippen LogP contribution is -2.40. The van der Waals surface area contributed by atoms with E-state index in [2.05, 4.69) is 10.2 Å². The fraction of sp³-hybridized carbons (Fsp3) is 0.500. The number of carbonyl (C=O) groups excluding carboxylic acids is 2. The van der Waals surface area contributed by atoms with Gasteiger partial charge in [-0.05, 0) is 19.9 Å². The molecule has 1 aromatic heterocycles. The standard InChI is InChI=1S/C4H6N2O.2C3H9N3O/c7-3-4-1-2-5-6-4;2*1-2-6(5)3(4)7/h1-2,7H,3H2,(H,5,6);2*2,5H2,1H3,(H2,4,7). The number of nitrogens with one attached hydrogen (secondary N) is 1. The van der Waals surface area contributed by atoms with Crippen molar-refractivity contribution in [1.29, 1.82) is 0 Å². The lowest BCUT2D eigenvalue weighted by molar-refractivity contribution is 0.211. The summed E-state index contributed by atoms with van der Waals surface area (Å²) in [5, 5.41) is 16.4. The van der Waals surface area contributed by atoms with Crippen LogP contribution in [-0.4, -0.2) is 50.5 Å². The highest BCUT2D eigenvalue weighted by Gasteiger charge is 1.96. The summed E-state index contributed by atoms with van der Waals surface area (Å²) in [5.74, 6) is 9.95. The minimum atomic E-state index is -0.595. The number of aromatic nitrogens is 2. The predicted octanol–water partition coefficient (Wildman–Crippen LogP) is -1.58. The van der Waals surface area contributed by atoms with Crippen LogP contribution in [0.25, 0.3) is 0 Å². The second-order valence-corrected chi connectivity index (χ2v) is 3.49. The molecule has 10 N–H and O–H groups in total. The van der Waals surface area contributed by atoms with E-state index in [1.165, 1.54) is 0 Å². The molecule has 1 aromatic rings. The van der Waals surface area contributed by atoms with Gasteiger partial charge in [0.15, 0.2) is 0 Å². The molecule has 0 aliphatic heterocycles. The molecule has 11 nitrogen and oxygen atoms in total. The normalized spacial score (nSPS) is 8.62. The van der Waals surface area contributed by atoms with Gasteiger partial charge in [-0.1, -0.05) is 0 Å². The summed E-state index contributed by atoms with van der Waals surface area (Å²) in [4.78, 5) is 19.9. The first-order valence-electron chi connectivity index (χ1n) is 6.02. The average molecular weight is 304 g/mol. The van der Waals surface area contributed by atoms with Crippen LogP contribution < -0.4 is 23.2 Å². The first kappa shape index (κ1) is 20.9. The molecular formula is C10H24N8O3. The third-order valence-corrected chi connectivity index (χ3v) is 1.98. The van der Waals surface area contributed by atoms with Gasteiger partial charge in [-0.15, -0.1) is 0 Å². The Hall–Kier alpha value is -2.37. The molecule has 1 rings (SSSR count). The summed E-state index contributed by atoms with van der Waals surface area (Å²) in [7, 11) is 0. The second-order valence-electron chi connectivity index (χ2n) is 3.49. The summed E-state index contributed by atoms with van der Waals surface area (Å²) >= 11 is 0. The van der Waals surface area contributed by atoms with Crippen LogP contribution in [0.5, 0.6) is 0 Å². The van der Waals surface area contributed by atoms with Crippen LogP contribution in [0.2, 0.25) is 0 Å². The molecule has 0 aliphatic carbocycles. The van der Waals surface area contributed by atoms with Crippen LogP contribution in [0, 0.1) is 0 Å². The number of H-pyrrole nitrogens is 1. The van der Waals surface area contributed by atoms with Crippen LogP contribution in [0.1, 0.15) is 19.5 Å². The van der Waals surface area contributed by atoms with Crippen molar-refractivity contribution in [3.63, 3.8) is 0 Å². The molecule has 1 heterocycles. The zero-order chi connectivity index (χ0) is 16.8. The number of hydrogen-bond donors (Lipinski definition) is 6. The lowest BCUT2D eigenvalue weighted by atomic mass is 10.5. The van der Waals surface area contributed by atoms with Crippen LogP contribution in [-0.2, 0) is 6.61 Å². The van der Waals surface area contributed by atoms with Gasteiger partial charge < -0.3 is 16.6 Å². The molecule has 0 aliphatic rings. The summed E-state index contributed by atoms with van der Waals surface area (Å²) in [6.07, 6.45) is 1.60. The van der Waals surface area contributed by atoms with E-state index in [-0.39, 0.29) is 6.61 Å². The van der Waals surface area contributed by atoms with Crippen LogP contribution in [0.3, 0.4) is 0 Å². The number of urea groups is 2. The van der Waals surface area contributed by atoms with Crippen LogP contribution in [0.4, 0.5) is 9.59 Å². The Kier molecular flexibility index (Phi) is 12.6. The molecule has 0 spiro atoms. The van der Waals surface area contributed by atoms with Gasteiger partial charge in [0.05, 0.1) is 12.3 Å². The maximum Gasteiger partial charge on any atom is 0.328 e. The van der Waals surface area contributed by atoms with Gasteiger partial charge in [0.1, 0.15) is 0 Å². The number of rotatable bonds is 3. The molecule has 21 heavy (non-hydrogen) atoms. The van der Waals surface area contributed by atoms with Crippen molar-refractivity contribution in [2.45, 2.75) is 20.5 Å². The highest BCUT2D eigenvalue weighted by Crippen LogP contribution is 1.86. The first-order valence-corrected chi connectivity index (χ1v) is 6.02. The summed E-state index contributed by atoms with van der Waals surface area (Å²) in [6, 6.07) is 0.532. The van der Waals surface area contributed by atoms with Gasteiger partial charge in [0, 0.05) is 19.3 Å². The lowest BCUT2D eigenvalue weighted by Gasteiger charge is -2.07. The Balaban J connectivity index is 0. The highest BCUT2D eigenvalue weighted by atomic mass is 16.3. The zero-order valence-electron chi connectivity index (χ0n) is 12.2. The number of nitrogens with two attached hydrogens (primary N) is 4. The highest BCUT2D eigenvalue weighted by molar-refractivity contribution is 5.71. The third kappa shape index (κ3) is 12.4. The summed E-state index contributed by atoms with van der Waals surface area (Å²) in [6.45, 7) is 4.43. The number of aromatic amines is 1. The number of nitrogens with zero attached hydrogens (tertiary/aromatic N) is 3. The van der Waals surface area contributed by atoms with Gasteiger partial charge in [0.2, 0.25) is 0 Å². The van der Waals surface area contributed by atoms with Crippen LogP contribution in [0.15, 0.2) is 12.3 Å². The van der Waals surface area contributed by atoms with E-state index in [4.69, 9.17) is 28.3 Å². The molecule has 11 heteroatoms. The number of primary amides is 2. The number of hydrogen-bond acceptors (Lipinski definition) is 6. The van der Waals surface area contributed by atoms with E-state index in [9.17, 15) is 9.59 Å². The zero-order valence-corrected chi connectivity index (χ0v) is 12.2. The molecule has 4 amide bonds. The third-order valence-electron chi connectivity index (χ3n) is 1.98. The monoisotopic (exact) mass is 304 g/mol. The Morgan fingerprint density at radius 2 is 1.62 bits per heavy atom. The summed E-state index contributed by atoms with van der Waals surface area (Å²) in [5.41, 5.74) is 10.2. The van der Waals surface area contributed by atoms with E-state index < -0.39 is 12.1 Å². The van der Waals surface area contributed by atoms with Crippen LogP contribution >= 0.6 is 0 Å². The van der Waals surface area contributed by atoms with Crippen molar-refractivity contribution >= 4 is 12.1 Å². The van der Waals surface area contributed by atoms with Crippen molar-refractivity contribution in [2.75, 3.05) is 13.1 Å². The SMILES string of the molecule is CCN(N)C(N)=O.CCN(N)C(N)=O.OCc1ccn[nH]1. The Bertz CT molecular complexity index is 364. The van der Waals surface area contributed by atoms with Crippen molar-refractivity contribution in [2.24, 2.45) is 23.2 Å². The minimum absolute atomic E-state index is 0.0417. The van der Waals surface area contributed by atoms with Gasteiger partial charge in [-0.25, -0.2) is 21.3 Å². The smallest absolute Gasteiger partial charge is 0.328 e. The molecule has 0 saturated heterocycles. The molecule has 0 radical (unpaired) electrons. The van der Waals surface area contributed by atoms with E-state index in [1.54, 1.807) is 26.1 Å². The number of amides is 4. The quantitative estimate of drug-likeness (QED) is 0.221. The molecule has 0 fully saturated rings. The van der Waals surface area contributed by atoms with E-state index in [1.807, 2.05) is 0 Å². The maximum absolute atomic E-state index is 9.95. The maximum atomic E-state index is 9.95. The number of hydrazine groups is 2. The molecule has 0 atom stereocenters. The number of aliphatic hydroxyl groups excluding tert-OH is 1. The van der Waals surface area contributed by atoms with Crippen molar-refractivity contribution in [3.05, 3.63) is 18.0 Å². The van der Waals surface area contributed by atoms with Gasteiger partial charge in [-0.2, -0.15) is 5.10 Å². The Morgan fingerprint density at radius 3 is 1.71 bits per heavy atom. The molecular weight excluding hydrogens is 280 g/mol. The molecule has 0 aromatic carbocycles. The number of aliphatic hydroxyl groups is 1. The fourth-order valence-corrected chi connectivity index (χ4v) is 0.684. The van der Waals surface area contributed by atoms with Gasteiger partial charge in [-0.3, -0.25) is 15.1 Å². The van der Waals surface area contributed by atoms with Crippen molar-refractivity contribution in [3.8, 4) is 0 Å². The van der Waals surface area contributed by atoms with Gasteiger partial charge >= 0.3 is 12.1 Å². The van der Waals surface area contributed by atoms with Crippen molar-refractivity contribution < 1.29 is 14.7 Å². The molecule has 0 saturated carbocycles. The number of carbonyl (C=O) groups is 2. The Labute approximate surface area is 122 Å². The molecule has 0 unspecified atom stereocenters. The first-order chi connectivity index (χ1) is 9.79. The minimum Gasteiger partial charge on any atom is -0.390 e. The predicted molar refractivity (Wildman–Crippen MR) is 76.8 cm³/mol. The molecule has 0 bridgehead atoms. The second kappa shape index (κ2) is 12.7. The van der Waals surface area contributed by atoms with E-state index in [0.717, 1.165) is 15.7 Å². The largest absolute Gasteiger partial charge is 0.390 e. The fourth-order valence-electron chi connectivity index (χ4n) is 0.684.